The van der Waals surface area contributed by atoms with E-state index in [1.807, 2.05) is 30.3 Å². The Morgan fingerprint density at radius 1 is 1.16 bits per heavy atom. The van der Waals surface area contributed by atoms with Gasteiger partial charge in [-0.25, -0.2) is 0 Å². The zero-order valence-electron chi connectivity index (χ0n) is 20.4. The third-order valence-corrected chi connectivity index (χ3v) is 7.77. The topological polar surface area (TPSA) is 84.8 Å². The molecule has 186 valence electrons. The zero-order valence-corrected chi connectivity index (χ0v) is 21.2. The number of pyridine rings is 2. The quantitative estimate of drug-likeness (QED) is 0.235. The number of nitrogens with one attached hydrogen (secondary N) is 1. The van der Waals surface area contributed by atoms with Gasteiger partial charge in [0.05, 0.1) is 10.9 Å². The van der Waals surface area contributed by atoms with Crippen LogP contribution in [0.25, 0.3) is 44.0 Å². The second-order valence-corrected chi connectivity index (χ2v) is 11.5. The molecule has 6 rings (SSSR count). The number of aromatic amines is 1. The van der Waals surface area contributed by atoms with Crippen molar-refractivity contribution in [3.63, 3.8) is 0 Å². The number of benzene rings is 2. The van der Waals surface area contributed by atoms with E-state index in [0.717, 1.165) is 57.8 Å². The summed E-state index contributed by atoms with van der Waals surface area (Å²) in [6, 6.07) is 11.0. The van der Waals surface area contributed by atoms with Crippen molar-refractivity contribution >= 4 is 43.1 Å². The summed E-state index contributed by atoms with van der Waals surface area (Å²) < 4.78 is 39.2. The molecule has 0 radical (unpaired) electrons. The summed E-state index contributed by atoms with van der Waals surface area (Å²) >= 11 is 0. The molecule has 0 bridgehead atoms. The van der Waals surface area contributed by atoms with Gasteiger partial charge >= 0.3 is 10.2 Å². The third-order valence-electron chi connectivity index (χ3n) is 6.98. The van der Waals surface area contributed by atoms with Crippen LogP contribution in [-0.4, -0.2) is 23.0 Å². The van der Waals surface area contributed by atoms with E-state index < -0.39 is 15.1 Å². The fraction of sp³-hybridized carbons (Fsp3) is 0.241. The Balaban J connectivity index is 1.73. The number of H-pyrrole nitrogens is 1. The Bertz CT molecular complexity index is 1960. The summed E-state index contributed by atoms with van der Waals surface area (Å²) in [6.07, 6.45) is 10.8. The molecular weight excluding hydrogens is 489 g/mol. The summed E-state index contributed by atoms with van der Waals surface area (Å²) in [6.45, 7) is 4.15. The molecule has 3 heterocycles. The molecule has 0 saturated heterocycles. The fourth-order valence-corrected chi connectivity index (χ4v) is 5.70. The summed E-state index contributed by atoms with van der Waals surface area (Å²) in [5.41, 5.74) is 5.05. The van der Waals surface area contributed by atoms with Gasteiger partial charge in [-0.05, 0) is 66.6 Å². The van der Waals surface area contributed by atoms with Crippen LogP contribution in [0.1, 0.15) is 43.9 Å². The van der Waals surface area contributed by atoms with Gasteiger partial charge in [0.1, 0.15) is 10.5 Å². The van der Waals surface area contributed by atoms with Gasteiger partial charge in [-0.2, -0.15) is 8.42 Å². The first-order chi connectivity index (χ1) is 17.7. The van der Waals surface area contributed by atoms with E-state index in [1.54, 1.807) is 0 Å². The fourth-order valence-electron chi connectivity index (χ4n) is 5.24. The van der Waals surface area contributed by atoms with E-state index in [2.05, 4.69) is 34.3 Å². The Morgan fingerprint density at radius 3 is 2.62 bits per heavy atom. The number of halogens is 1. The van der Waals surface area contributed by atoms with E-state index in [0.29, 0.717) is 22.8 Å². The Hall–Kier alpha value is -3.96. The van der Waals surface area contributed by atoms with Crippen LogP contribution >= 0.6 is 0 Å². The summed E-state index contributed by atoms with van der Waals surface area (Å²) in [7, 11) is -4.92. The number of hydrogen-bond donors (Lipinski definition) is 1. The molecule has 1 saturated carbocycles. The Morgan fingerprint density at radius 2 is 1.95 bits per heavy atom. The first-order valence-electron chi connectivity index (χ1n) is 12.2. The van der Waals surface area contributed by atoms with E-state index in [-0.39, 0.29) is 17.4 Å². The molecule has 1 aliphatic carbocycles. The molecule has 37 heavy (non-hydrogen) atoms. The van der Waals surface area contributed by atoms with Crippen molar-refractivity contribution in [3.05, 3.63) is 70.1 Å². The van der Waals surface area contributed by atoms with Crippen molar-refractivity contribution < 1.29 is 12.3 Å². The maximum atomic E-state index is 14.0. The number of hydrogen-bond acceptors (Lipinski definition) is 4. The molecule has 2 aromatic carbocycles. The first kappa shape index (κ1) is 23.4. The average molecular weight is 514 g/mol. The largest absolute Gasteiger partial charge is 0.340 e. The highest BCUT2D eigenvalue weighted by Crippen LogP contribution is 2.42. The van der Waals surface area contributed by atoms with Crippen LogP contribution in [0.15, 0.2) is 58.5 Å². The molecule has 1 fully saturated rings. The molecule has 0 atom stereocenters. The minimum Gasteiger partial charge on any atom is -0.340 e. The maximum Gasteiger partial charge on any atom is 0.333 e. The lowest BCUT2D eigenvalue weighted by Crippen LogP contribution is -2.12. The number of nitrogens with zero attached hydrogens (tertiary/aromatic N) is 2. The van der Waals surface area contributed by atoms with Gasteiger partial charge in [0.15, 0.2) is 5.43 Å². The minimum absolute atomic E-state index is 0.0728. The molecule has 1 aliphatic rings. The van der Waals surface area contributed by atoms with E-state index in [4.69, 9.17) is 6.42 Å². The van der Waals surface area contributed by atoms with Crippen molar-refractivity contribution in [2.75, 3.05) is 0 Å². The highest BCUT2D eigenvalue weighted by Gasteiger charge is 2.29. The van der Waals surface area contributed by atoms with Crippen molar-refractivity contribution in [2.24, 2.45) is 5.92 Å². The van der Waals surface area contributed by atoms with Gasteiger partial charge in [-0.3, -0.25) is 9.78 Å². The monoisotopic (exact) mass is 513 g/mol. The summed E-state index contributed by atoms with van der Waals surface area (Å²) in [5, 5.41) is 2.06. The molecule has 0 amide bonds. The van der Waals surface area contributed by atoms with E-state index in [1.165, 1.54) is 12.3 Å². The predicted molar refractivity (Wildman–Crippen MR) is 144 cm³/mol. The Kier molecular flexibility index (Phi) is 5.25. The SMILES string of the molecule is C#Cc1ccc2c(c1)[nH]c1c2c(=O)c2cc(CC(C)C)c(-c3cncc(S(=O)(=O)F)c3)cc2n1C1CC1. The minimum atomic E-state index is -4.92. The van der Waals surface area contributed by atoms with Crippen LogP contribution in [0.4, 0.5) is 3.89 Å². The van der Waals surface area contributed by atoms with Crippen LogP contribution in [0.2, 0.25) is 0 Å². The highest BCUT2D eigenvalue weighted by atomic mass is 32.3. The second kappa shape index (κ2) is 8.29. The van der Waals surface area contributed by atoms with Crippen molar-refractivity contribution in [1.82, 2.24) is 14.5 Å². The highest BCUT2D eigenvalue weighted by molar-refractivity contribution is 7.86. The molecule has 8 heteroatoms. The molecule has 5 aromatic rings. The summed E-state index contributed by atoms with van der Waals surface area (Å²) in [4.78, 5) is 20.9. The number of rotatable bonds is 5. The number of fused-ring (bicyclic) bond motifs is 4. The van der Waals surface area contributed by atoms with Gasteiger partial charge in [0.2, 0.25) is 0 Å². The van der Waals surface area contributed by atoms with Gasteiger partial charge in [-0.15, -0.1) is 10.3 Å². The molecule has 0 aliphatic heterocycles. The summed E-state index contributed by atoms with van der Waals surface area (Å²) in [5.74, 6) is 2.91. The van der Waals surface area contributed by atoms with Crippen LogP contribution < -0.4 is 5.43 Å². The van der Waals surface area contributed by atoms with Gasteiger partial charge in [-0.1, -0.05) is 25.8 Å². The van der Waals surface area contributed by atoms with Crippen molar-refractivity contribution in [1.29, 1.82) is 0 Å². The first-order valence-corrected chi connectivity index (χ1v) is 13.6. The third kappa shape index (κ3) is 3.91. The zero-order chi connectivity index (χ0) is 26.1. The van der Waals surface area contributed by atoms with Crippen molar-refractivity contribution in [2.45, 2.75) is 44.0 Å². The number of terminal acetylenes is 1. The molecule has 0 unspecified atom stereocenters. The van der Waals surface area contributed by atoms with Gasteiger partial charge < -0.3 is 9.55 Å². The van der Waals surface area contributed by atoms with E-state index >= 15 is 0 Å². The standard InChI is InChI=1S/C29H24FN3O3S/c1-4-17-5-8-22-25(10-17)32-29-27(22)28(34)24-12-18(9-16(2)3)23(13-26(24)33(29)20-6-7-20)19-11-21(15-31-14-19)37(30,35)36/h1,5,8,10-16,20,32H,6-7,9H2,2-3H3. The maximum absolute atomic E-state index is 14.0. The lowest BCUT2D eigenvalue weighted by atomic mass is 9.92. The normalized spacial score (nSPS) is 14.1. The lowest BCUT2D eigenvalue weighted by molar-refractivity contribution is 0.551. The van der Waals surface area contributed by atoms with Gasteiger partial charge in [0, 0.05) is 45.9 Å². The molecule has 3 aromatic heterocycles. The smallest absolute Gasteiger partial charge is 0.333 e. The van der Waals surface area contributed by atoms with Crippen LogP contribution in [0, 0.1) is 18.3 Å². The lowest BCUT2D eigenvalue weighted by Gasteiger charge is -2.18. The Labute approximate surface area is 213 Å². The van der Waals surface area contributed by atoms with Gasteiger partial charge in [0.25, 0.3) is 0 Å². The van der Waals surface area contributed by atoms with Crippen LogP contribution in [0.3, 0.4) is 0 Å². The molecule has 6 nitrogen and oxygen atoms in total. The molecule has 0 spiro atoms. The second-order valence-electron chi connectivity index (χ2n) is 10.2. The van der Waals surface area contributed by atoms with Crippen LogP contribution in [0.5, 0.6) is 0 Å². The predicted octanol–water partition coefficient (Wildman–Crippen LogP) is 5.87. The van der Waals surface area contributed by atoms with Crippen LogP contribution in [-0.2, 0) is 16.6 Å². The molecular formula is C29H24FN3O3S. The average Bonchev–Trinajstić information content (AvgIpc) is 3.62. The van der Waals surface area contributed by atoms with E-state index in [9.17, 15) is 17.1 Å². The van der Waals surface area contributed by atoms with Crippen molar-refractivity contribution in [3.8, 4) is 23.5 Å². The molecule has 1 N–H and O–H groups in total. The number of aromatic nitrogens is 3.